The predicted molar refractivity (Wildman–Crippen MR) is 105 cm³/mol. The zero-order chi connectivity index (χ0) is 20.4. The second-order valence-corrected chi connectivity index (χ2v) is 8.28. The number of nitrogens with one attached hydrogen (secondary N) is 1. The lowest BCUT2D eigenvalue weighted by molar-refractivity contribution is -0.0608. The van der Waals surface area contributed by atoms with Gasteiger partial charge in [0.1, 0.15) is 0 Å². The standard InChI is InChI=1S/C18H24FN5O3S/c1-3-18(4-2)12-24(9-10-27-18)16-15(19)11-21-17(23-16)22-13-5-7-14(8-6-13)28(20,25)26/h5-8,11H,3-4,9-10,12H2,1-2H3,(H2,20,25,26)(H,21,22,23). The first-order valence-electron chi connectivity index (χ1n) is 9.07. The molecule has 3 N–H and O–H groups in total. The zero-order valence-electron chi connectivity index (χ0n) is 15.9. The number of benzene rings is 1. The molecule has 1 aromatic heterocycles. The number of aromatic nitrogens is 2. The number of hydrogen-bond acceptors (Lipinski definition) is 7. The molecular formula is C18H24FN5O3S. The van der Waals surface area contributed by atoms with Crippen LogP contribution in [0.15, 0.2) is 35.4 Å². The molecule has 1 saturated heterocycles. The van der Waals surface area contributed by atoms with Crippen LogP contribution in [-0.2, 0) is 14.8 Å². The van der Waals surface area contributed by atoms with Gasteiger partial charge in [0.05, 0.1) is 23.3 Å². The Morgan fingerprint density at radius 3 is 2.57 bits per heavy atom. The van der Waals surface area contributed by atoms with E-state index in [9.17, 15) is 12.8 Å². The van der Waals surface area contributed by atoms with Crippen molar-refractivity contribution in [1.82, 2.24) is 9.97 Å². The number of rotatable bonds is 6. The average Bonchev–Trinajstić information content (AvgIpc) is 2.69. The minimum Gasteiger partial charge on any atom is -0.371 e. The highest BCUT2D eigenvalue weighted by molar-refractivity contribution is 7.89. The van der Waals surface area contributed by atoms with Crippen LogP contribution in [0.5, 0.6) is 0 Å². The maximum Gasteiger partial charge on any atom is 0.238 e. The van der Waals surface area contributed by atoms with Crippen LogP contribution in [0, 0.1) is 5.82 Å². The molecule has 0 atom stereocenters. The maximum absolute atomic E-state index is 14.4. The van der Waals surface area contributed by atoms with Gasteiger partial charge in [-0.25, -0.2) is 22.9 Å². The molecule has 1 aromatic carbocycles. The average molecular weight is 409 g/mol. The van der Waals surface area contributed by atoms with Gasteiger partial charge in [-0.05, 0) is 37.1 Å². The van der Waals surface area contributed by atoms with Crippen LogP contribution in [0.1, 0.15) is 26.7 Å². The first-order chi connectivity index (χ1) is 13.3. The molecule has 0 unspecified atom stereocenters. The van der Waals surface area contributed by atoms with Gasteiger partial charge in [-0.1, -0.05) is 13.8 Å². The Morgan fingerprint density at radius 2 is 1.96 bits per heavy atom. The number of sulfonamides is 1. The topological polar surface area (TPSA) is 110 Å². The molecule has 152 valence electrons. The van der Waals surface area contributed by atoms with E-state index in [1.165, 1.54) is 12.1 Å². The van der Waals surface area contributed by atoms with E-state index < -0.39 is 15.8 Å². The van der Waals surface area contributed by atoms with E-state index in [0.29, 0.717) is 25.4 Å². The Labute approximate surface area is 164 Å². The molecule has 1 aliphatic rings. The van der Waals surface area contributed by atoms with Crippen LogP contribution in [0.2, 0.25) is 0 Å². The van der Waals surface area contributed by atoms with Crippen LogP contribution >= 0.6 is 0 Å². The summed E-state index contributed by atoms with van der Waals surface area (Å²) in [6.07, 6.45) is 2.78. The Kier molecular flexibility index (Phi) is 5.82. The fourth-order valence-corrected chi connectivity index (χ4v) is 3.72. The summed E-state index contributed by atoms with van der Waals surface area (Å²) in [5.41, 5.74) is 0.246. The maximum atomic E-state index is 14.4. The van der Waals surface area contributed by atoms with Crippen LogP contribution in [0.25, 0.3) is 0 Å². The molecule has 1 aliphatic heterocycles. The van der Waals surface area contributed by atoms with Crippen LogP contribution < -0.4 is 15.4 Å². The van der Waals surface area contributed by atoms with Crippen molar-refractivity contribution in [3.05, 3.63) is 36.3 Å². The lowest BCUT2D eigenvalue weighted by Gasteiger charge is -2.42. The van der Waals surface area contributed by atoms with E-state index in [1.807, 2.05) is 4.90 Å². The minimum atomic E-state index is -3.76. The van der Waals surface area contributed by atoms with Crippen LogP contribution in [0.4, 0.5) is 21.8 Å². The van der Waals surface area contributed by atoms with E-state index in [0.717, 1.165) is 19.0 Å². The molecule has 10 heteroatoms. The number of primary sulfonamides is 1. The Hall–Kier alpha value is -2.30. The fraction of sp³-hybridized carbons (Fsp3) is 0.444. The second-order valence-electron chi connectivity index (χ2n) is 6.72. The van der Waals surface area contributed by atoms with Crippen molar-refractivity contribution in [3.63, 3.8) is 0 Å². The Morgan fingerprint density at radius 1 is 1.29 bits per heavy atom. The third-order valence-corrected chi connectivity index (χ3v) is 5.93. The zero-order valence-corrected chi connectivity index (χ0v) is 16.7. The third kappa shape index (κ3) is 4.40. The number of ether oxygens (including phenoxy) is 1. The fourth-order valence-electron chi connectivity index (χ4n) is 3.20. The number of anilines is 3. The summed E-state index contributed by atoms with van der Waals surface area (Å²) in [5.74, 6) is -0.0730. The molecule has 0 aliphatic carbocycles. The summed E-state index contributed by atoms with van der Waals surface area (Å²) >= 11 is 0. The molecule has 1 fully saturated rings. The number of morpholine rings is 1. The van der Waals surface area contributed by atoms with Crippen LogP contribution in [-0.4, -0.2) is 43.7 Å². The van der Waals surface area contributed by atoms with Crippen molar-refractivity contribution in [2.24, 2.45) is 5.14 Å². The van der Waals surface area contributed by atoms with Gasteiger partial charge in [-0.15, -0.1) is 0 Å². The highest BCUT2D eigenvalue weighted by atomic mass is 32.2. The quantitative estimate of drug-likeness (QED) is 0.754. The lowest BCUT2D eigenvalue weighted by Crippen LogP contribution is -2.51. The summed E-state index contributed by atoms with van der Waals surface area (Å²) in [6.45, 7) is 5.71. The van der Waals surface area contributed by atoms with Gasteiger partial charge in [0.15, 0.2) is 11.6 Å². The van der Waals surface area contributed by atoms with Gasteiger partial charge in [0.25, 0.3) is 0 Å². The summed E-state index contributed by atoms with van der Waals surface area (Å²) in [5, 5.41) is 8.05. The van der Waals surface area contributed by atoms with Gasteiger partial charge < -0.3 is 15.0 Å². The molecule has 8 nitrogen and oxygen atoms in total. The van der Waals surface area contributed by atoms with Crippen molar-refractivity contribution in [2.75, 3.05) is 29.9 Å². The molecule has 2 aromatic rings. The van der Waals surface area contributed by atoms with Gasteiger partial charge in [-0.3, -0.25) is 0 Å². The minimum absolute atomic E-state index is 0.00236. The normalized spacial score (nSPS) is 16.8. The molecule has 0 amide bonds. The molecule has 0 radical (unpaired) electrons. The molecule has 0 spiro atoms. The van der Waals surface area contributed by atoms with E-state index >= 15 is 0 Å². The number of halogens is 1. The smallest absolute Gasteiger partial charge is 0.238 e. The van der Waals surface area contributed by atoms with Crippen molar-refractivity contribution in [1.29, 1.82) is 0 Å². The summed E-state index contributed by atoms with van der Waals surface area (Å²) in [7, 11) is -3.76. The first-order valence-corrected chi connectivity index (χ1v) is 10.6. The van der Waals surface area contributed by atoms with Crippen molar-refractivity contribution < 1.29 is 17.5 Å². The van der Waals surface area contributed by atoms with E-state index in [-0.39, 0.29) is 22.3 Å². The summed E-state index contributed by atoms with van der Waals surface area (Å²) < 4.78 is 43.0. The molecular weight excluding hydrogens is 385 g/mol. The third-order valence-electron chi connectivity index (χ3n) is 5.00. The molecule has 28 heavy (non-hydrogen) atoms. The monoisotopic (exact) mass is 409 g/mol. The summed E-state index contributed by atoms with van der Waals surface area (Å²) in [6, 6.07) is 5.84. The van der Waals surface area contributed by atoms with Crippen molar-refractivity contribution >= 4 is 27.5 Å². The second kappa shape index (κ2) is 7.98. The molecule has 3 rings (SSSR count). The van der Waals surface area contributed by atoms with Crippen LogP contribution in [0.3, 0.4) is 0 Å². The first kappa shape index (κ1) is 20.4. The highest BCUT2D eigenvalue weighted by Gasteiger charge is 2.35. The van der Waals surface area contributed by atoms with E-state index in [2.05, 4.69) is 29.1 Å². The van der Waals surface area contributed by atoms with Gasteiger partial charge in [0, 0.05) is 18.8 Å². The Balaban J connectivity index is 1.82. The highest BCUT2D eigenvalue weighted by Crippen LogP contribution is 2.29. The van der Waals surface area contributed by atoms with Gasteiger partial charge >= 0.3 is 0 Å². The predicted octanol–water partition coefficient (Wildman–Crippen LogP) is 2.40. The van der Waals surface area contributed by atoms with Gasteiger partial charge in [0.2, 0.25) is 16.0 Å². The van der Waals surface area contributed by atoms with Crippen molar-refractivity contribution in [3.8, 4) is 0 Å². The Bertz CT molecular complexity index is 933. The summed E-state index contributed by atoms with van der Waals surface area (Å²) in [4.78, 5) is 10.2. The van der Waals surface area contributed by atoms with Gasteiger partial charge in [-0.2, -0.15) is 4.98 Å². The van der Waals surface area contributed by atoms with E-state index in [4.69, 9.17) is 9.88 Å². The molecule has 0 bridgehead atoms. The van der Waals surface area contributed by atoms with Crippen molar-refractivity contribution in [2.45, 2.75) is 37.2 Å². The molecule has 0 saturated carbocycles. The van der Waals surface area contributed by atoms with E-state index in [1.54, 1.807) is 12.1 Å². The molecule has 2 heterocycles. The number of nitrogens with two attached hydrogens (primary N) is 1. The lowest BCUT2D eigenvalue weighted by atomic mass is 9.95. The number of nitrogens with zero attached hydrogens (tertiary/aromatic N) is 3. The number of hydrogen-bond donors (Lipinski definition) is 2. The SMILES string of the molecule is CCC1(CC)CN(c2nc(Nc3ccc(S(N)(=O)=O)cc3)ncc2F)CCO1. The largest absolute Gasteiger partial charge is 0.371 e.